The summed E-state index contributed by atoms with van der Waals surface area (Å²) in [6.07, 6.45) is 6.86. The number of hydrogen-bond acceptors (Lipinski definition) is 6. The van der Waals surface area contributed by atoms with Gasteiger partial charge in [0.2, 0.25) is 0 Å². The normalized spacial score (nSPS) is 21.5. The number of amides is 1. The molecule has 3 rings (SSSR count). The van der Waals surface area contributed by atoms with Crippen LogP contribution in [0.5, 0.6) is 17.2 Å². The molecule has 0 unspecified atom stereocenters. The van der Waals surface area contributed by atoms with Gasteiger partial charge in [-0.3, -0.25) is 4.79 Å². The van der Waals surface area contributed by atoms with Crippen LogP contribution in [0.1, 0.15) is 48.9 Å². The lowest BCUT2D eigenvalue weighted by Crippen LogP contribution is -2.50. The van der Waals surface area contributed by atoms with Gasteiger partial charge in [-0.15, -0.1) is 0 Å². The SMILES string of the molecule is COc1cc(OC)c(C(=O)OCC(=O)N2CCC[C@@H]3CCCC[C@@H]32)cc1OC. The Hall–Kier alpha value is -2.44. The molecular formula is C21H29NO6. The molecule has 1 amide bonds. The maximum absolute atomic E-state index is 12.7. The van der Waals surface area contributed by atoms with Gasteiger partial charge in [0.15, 0.2) is 18.1 Å². The highest BCUT2D eigenvalue weighted by atomic mass is 16.5. The zero-order valence-corrected chi connectivity index (χ0v) is 16.9. The predicted molar refractivity (Wildman–Crippen MR) is 103 cm³/mol. The highest BCUT2D eigenvalue weighted by Crippen LogP contribution is 2.36. The van der Waals surface area contributed by atoms with Crippen LogP contribution < -0.4 is 14.2 Å². The molecule has 7 nitrogen and oxygen atoms in total. The van der Waals surface area contributed by atoms with Crippen molar-refractivity contribution in [2.75, 3.05) is 34.5 Å². The minimum atomic E-state index is -0.622. The van der Waals surface area contributed by atoms with E-state index in [1.54, 1.807) is 6.07 Å². The van der Waals surface area contributed by atoms with E-state index in [4.69, 9.17) is 18.9 Å². The van der Waals surface area contributed by atoms with E-state index >= 15 is 0 Å². The number of fused-ring (bicyclic) bond motifs is 1. The van der Waals surface area contributed by atoms with Crippen molar-refractivity contribution in [2.24, 2.45) is 5.92 Å². The number of carbonyl (C=O) groups is 2. The van der Waals surface area contributed by atoms with E-state index in [9.17, 15) is 9.59 Å². The molecular weight excluding hydrogens is 362 g/mol. The van der Waals surface area contributed by atoms with Gasteiger partial charge in [0.25, 0.3) is 5.91 Å². The zero-order chi connectivity index (χ0) is 20.1. The summed E-state index contributed by atoms with van der Waals surface area (Å²) in [6.45, 7) is 0.483. The van der Waals surface area contributed by atoms with Crippen molar-refractivity contribution in [3.05, 3.63) is 17.7 Å². The molecule has 0 spiro atoms. The third-order valence-electron chi connectivity index (χ3n) is 5.82. The van der Waals surface area contributed by atoms with Gasteiger partial charge in [0.1, 0.15) is 11.3 Å². The summed E-state index contributed by atoms with van der Waals surface area (Å²) < 4.78 is 21.1. The van der Waals surface area contributed by atoms with Crippen LogP contribution in [0.25, 0.3) is 0 Å². The van der Waals surface area contributed by atoms with Crippen LogP contribution >= 0.6 is 0 Å². The van der Waals surface area contributed by atoms with Crippen molar-refractivity contribution in [1.82, 2.24) is 4.90 Å². The Labute approximate surface area is 165 Å². The average Bonchev–Trinajstić information content (AvgIpc) is 2.75. The molecule has 1 heterocycles. The van der Waals surface area contributed by atoms with E-state index in [-0.39, 0.29) is 18.1 Å². The lowest BCUT2D eigenvalue weighted by atomic mass is 9.78. The van der Waals surface area contributed by atoms with Gasteiger partial charge in [-0.2, -0.15) is 0 Å². The van der Waals surface area contributed by atoms with Crippen LogP contribution in [0.4, 0.5) is 0 Å². The zero-order valence-electron chi connectivity index (χ0n) is 16.9. The summed E-state index contributed by atoms with van der Waals surface area (Å²) >= 11 is 0. The van der Waals surface area contributed by atoms with Gasteiger partial charge in [0, 0.05) is 24.7 Å². The van der Waals surface area contributed by atoms with Crippen LogP contribution in [0.3, 0.4) is 0 Å². The first-order chi connectivity index (χ1) is 13.6. The molecule has 0 N–H and O–H groups in total. The van der Waals surface area contributed by atoms with Crippen molar-refractivity contribution >= 4 is 11.9 Å². The van der Waals surface area contributed by atoms with E-state index in [2.05, 4.69) is 0 Å². The molecule has 0 radical (unpaired) electrons. The second-order valence-corrected chi connectivity index (χ2v) is 7.32. The Bertz CT molecular complexity index is 717. The number of piperidine rings is 1. The van der Waals surface area contributed by atoms with E-state index in [0.29, 0.717) is 29.2 Å². The summed E-state index contributed by atoms with van der Waals surface area (Å²) in [5, 5.41) is 0. The maximum Gasteiger partial charge on any atom is 0.342 e. The molecule has 1 saturated carbocycles. The molecule has 1 saturated heterocycles. The Morgan fingerprint density at radius 1 is 0.929 bits per heavy atom. The van der Waals surface area contributed by atoms with Crippen LogP contribution in [0, 0.1) is 5.92 Å². The molecule has 154 valence electrons. The smallest absolute Gasteiger partial charge is 0.342 e. The number of methoxy groups -OCH3 is 3. The first-order valence-electron chi connectivity index (χ1n) is 9.85. The van der Waals surface area contributed by atoms with Gasteiger partial charge in [-0.25, -0.2) is 4.79 Å². The molecule has 2 aliphatic rings. The van der Waals surface area contributed by atoms with E-state index in [0.717, 1.165) is 25.8 Å². The molecule has 7 heteroatoms. The van der Waals surface area contributed by atoms with Gasteiger partial charge >= 0.3 is 5.97 Å². The van der Waals surface area contributed by atoms with E-state index in [1.807, 2.05) is 4.90 Å². The van der Waals surface area contributed by atoms with E-state index in [1.165, 1.54) is 46.7 Å². The number of likely N-dealkylation sites (tertiary alicyclic amines) is 1. The Morgan fingerprint density at radius 3 is 2.29 bits per heavy atom. The highest BCUT2D eigenvalue weighted by Gasteiger charge is 2.36. The minimum Gasteiger partial charge on any atom is -0.496 e. The molecule has 0 bridgehead atoms. The third kappa shape index (κ3) is 4.18. The molecule has 1 aliphatic heterocycles. The lowest BCUT2D eigenvalue weighted by molar-refractivity contribution is -0.140. The number of rotatable bonds is 6. The van der Waals surface area contributed by atoms with Crippen LogP contribution in [-0.4, -0.2) is 57.3 Å². The van der Waals surface area contributed by atoms with Gasteiger partial charge in [0.05, 0.1) is 21.3 Å². The monoisotopic (exact) mass is 391 g/mol. The number of nitrogens with zero attached hydrogens (tertiary/aromatic N) is 1. The lowest BCUT2D eigenvalue weighted by Gasteiger charge is -2.44. The number of carbonyl (C=O) groups excluding carboxylic acids is 2. The molecule has 1 aliphatic carbocycles. The first-order valence-corrected chi connectivity index (χ1v) is 9.85. The quantitative estimate of drug-likeness (QED) is 0.694. The fraction of sp³-hybridized carbons (Fsp3) is 0.619. The molecule has 1 aromatic rings. The number of ether oxygens (including phenoxy) is 4. The van der Waals surface area contributed by atoms with Gasteiger partial charge in [-0.05, 0) is 31.6 Å². The Kier molecular flexibility index (Phi) is 6.65. The molecule has 0 aromatic heterocycles. The number of esters is 1. The second-order valence-electron chi connectivity index (χ2n) is 7.32. The molecule has 28 heavy (non-hydrogen) atoms. The number of hydrogen-bond donors (Lipinski definition) is 0. The van der Waals surface area contributed by atoms with Crippen LogP contribution in [-0.2, 0) is 9.53 Å². The Morgan fingerprint density at radius 2 is 1.57 bits per heavy atom. The second kappa shape index (κ2) is 9.17. The fourth-order valence-electron chi connectivity index (χ4n) is 4.41. The molecule has 2 fully saturated rings. The van der Waals surface area contributed by atoms with Crippen molar-refractivity contribution in [1.29, 1.82) is 0 Å². The molecule has 1 aromatic carbocycles. The Balaban J connectivity index is 1.67. The maximum atomic E-state index is 12.7. The summed E-state index contributed by atoms with van der Waals surface area (Å²) in [5.41, 5.74) is 0.196. The van der Waals surface area contributed by atoms with E-state index < -0.39 is 5.97 Å². The summed E-state index contributed by atoms with van der Waals surface area (Å²) in [4.78, 5) is 27.3. The third-order valence-corrected chi connectivity index (χ3v) is 5.82. The van der Waals surface area contributed by atoms with Crippen LogP contribution in [0.2, 0.25) is 0 Å². The average molecular weight is 391 g/mol. The standard InChI is InChI=1S/C21H29NO6/c1-25-17-12-19(27-3)18(26-2)11-15(17)21(24)28-13-20(23)22-10-6-8-14-7-4-5-9-16(14)22/h11-12,14,16H,4-10,13H2,1-3H3/t14-,16-/m0/s1. The van der Waals surface area contributed by atoms with Crippen molar-refractivity contribution in [2.45, 2.75) is 44.6 Å². The highest BCUT2D eigenvalue weighted by molar-refractivity contribution is 5.95. The fourth-order valence-corrected chi connectivity index (χ4v) is 4.41. The van der Waals surface area contributed by atoms with Gasteiger partial charge in [-0.1, -0.05) is 12.8 Å². The summed E-state index contributed by atoms with van der Waals surface area (Å²) in [6, 6.07) is 3.36. The predicted octanol–water partition coefficient (Wildman–Crippen LogP) is 3.05. The summed E-state index contributed by atoms with van der Waals surface area (Å²) in [5.74, 6) is 0.993. The van der Waals surface area contributed by atoms with Crippen molar-refractivity contribution < 1.29 is 28.5 Å². The largest absolute Gasteiger partial charge is 0.496 e. The molecule has 2 atom stereocenters. The van der Waals surface area contributed by atoms with Gasteiger partial charge < -0.3 is 23.8 Å². The first kappa shape index (κ1) is 20.3. The summed E-state index contributed by atoms with van der Waals surface area (Å²) in [7, 11) is 4.45. The van der Waals surface area contributed by atoms with Crippen molar-refractivity contribution in [3.8, 4) is 17.2 Å². The van der Waals surface area contributed by atoms with Crippen molar-refractivity contribution in [3.63, 3.8) is 0 Å². The minimum absolute atomic E-state index is 0.121. The van der Waals surface area contributed by atoms with Crippen LogP contribution in [0.15, 0.2) is 12.1 Å². The number of benzene rings is 1. The topological polar surface area (TPSA) is 74.3 Å².